The van der Waals surface area contributed by atoms with E-state index in [1.165, 1.54) is 0 Å². The summed E-state index contributed by atoms with van der Waals surface area (Å²) in [6, 6.07) is 11.4. The van der Waals surface area contributed by atoms with Gasteiger partial charge in [0.25, 0.3) is 0 Å². The Balaban J connectivity index is 2.39. The summed E-state index contributed by atoms with van der Waals surface area (Å²) in [7, 11) is -1.39. The third-order valence-corrected chi connectivity index (χ3v) is 3.35. The van der Waals surface area contributed by atoms with Crippen molar-refractivity contribution >= 4 is 8.07 Å². The van der Waals surface area contributed by atoms with Crippen LogP contribution in [0.15, 0.2) is 36.4 Å². The standard InChI is InChI=1S/C17H16N2Si/c1-5-14-8-6-10-16(18-14)17-11-7-9-15(19-17)12-13-20(2,3)4/h1,6-11H,2-4H3. The summed E-state index contributed by atoms with van der Waals surface area (Å²) < 4.78 is 0. The molecule has 0 fully saturated rings. The first-order valence-corrected chi connectivity index (χ1v) is 9.92. The van der Waals surface area contributed by atoms with Crippen LogP contribution in [0.4, 0.5) is 0 Å². The highest BCUT2D eigenvalue weighted by atomic mass is 28.3. The maximum absolute atomic E-state index is 5.37. The average molecular weight is 276 g/mol. The van der Waals surface area contributed by atoms with Crippen LogP contribution in [-0.2, 0) is 0 Å². The highest BCUT2D eigenvalue weighted by molar-refractivity contribution is 6.83. The number of hydrogen-bond acceptors (Lipinski definition) is 2. The summed E-state index contributed by atoms with van der Waals surface area (Å²) in [6.45, 7) is 6.63. The Hall–Kier alpha value is -2.36. The number of terminal acetylenes is 1. The van der Waals surface area contributed by atoms with Gasteiger partial charge in [-0.15, -0.1) is 12.0 Å². The predicted molar refractivity (Wildman–Crippen MR) is 85.6 cm³/mol. The van der Waals surface area contributed by atoms with Crippen molar-refractivity contribution in [2.45, 2.75) is 19.6 Å². The van der Waals surface area contributed by atoms with Gasteiger partial charge in [0, 0.05) is 0 Å². The number of hydrogen-bond donors (Lipinski definition) is 0. The Morgan fingerprint density at radius 3 is 2.00 bits per heavy atom. The molecule has 0 N–H and O–H groups in total. The van der Waals surface area contributed by atoms with E-state index >= 15 is 0 Å². The maximum atomic E-state index is 5.37. The summed E-state index contributed by atoms with van der Waals surface area (Å²) in [5.74, 6) is 5.69. The molecule has 20 heavy (non-hydrogen) atoms. The molecular formula is C17H16N2Si. The lowest BCUT2D eigenvalue weighted by Gasteiger charge is -2.04. The Bertz CT molecular complexity index is 725. The molecule has 0 amide bonds. The molecule has 2 aromatic rings. The molecule has 98 valence electrons. The molecule has 0 atom stereocenters. The van der Waals surface area contributed by atoms with Gasteiger partial charge in [0.2, 0.25) is 0 Å². The molecule has 0 aliphatic heterocycles. The van der Waals surface area contributed by atoms with Crippen molar-refractivity contribution in [3.8, 4) is 35.2 Å². The van der Waals surface area contributed by atoms with Gasteiger partial charge in [0.1, 0.15) is 19.5 Å². The Morgan fingerprint density at radius 1 is 0.900 bits per heavy atom. The van der Waals surface area contributed by atoms with E-state index in [1.54, 1.807) is 6.07 Å². The average Bonchev–Trinajstić information content (AvgIpc) is 2.45. The largest absolute Gasteiger partial charge is 0.238 e. The van der Waals surface area contributed by atoms with Gasteiger partial charge in [-0.1, -0.05) is 43.6 Å². The minimum Gasteiger partial charge on any atom is -0.238 e. The fraction of sp³-hybridized carbons (Fsp3) is 0.176. The lowest BCUT2D eigenvalue weighted by atomic mass is 10.2. The normalized spacial score (nSPS) is 10.3. The zero-order valence-electron chi connectivity index (χ0n) is 11.9. The SMILES string of the molecule is C#Cc1cccc(-c2cccc(C#C[Si](C)(C)C)n2)n1. The molecule has 2 aromatic heterocycles. The molecule has 0 aliphatic carbocycles. The Morgan fingerprint density at radius 2 is 1.45 bits per heavy atom. The van der Waals surface area contributed by atoms with Crippen LogP contribution < -0.4 is 0 Å². The number of pyridine rings is 2. The van der Waals surface area contributed by atoms with E-state index in [9.17, 15) is 0 Å². The van der Waals surface area contributed by atoms with Gasteiger partial charge in [0.05, 0.1) is 11.4 Å². The number of nitrogens with zero attached hydrogens (tertiary/aromatic N) is 2. The first-order valence-electron chi connectivity index (χ1n) is 6.42. The second-order valence-corrected chi connectivity index (χ2v) is 10.2. The molecule has 0 radical (unpaired) electrons. The third-order valence-electron chi connectivity index (χ3n) is 2.47. The lowest BCUT2D eigenvalue weighted by Crippen LogP contribution is -2.16. The van der Waals surface area contributed by atoms with E-state index in [1.807, 2.05) is 30.3 Å². The molecule has 3 heteroatoms. The van der Waals surface area contributed by atoms with Crippen LogP contribution in [0.3, 0.4) is 0 Å². The first kappa shape index (κ1) is 14.1. The summed E-state index contributed by atoms with van der Waals surface area (Å²) in [6.07, 6.45) is 5.37. The molecule has 0 unspecified atom stereocenters. The molecule has 0 spiro atoms. The van der Waals surface area contributed by atoms with E-state index in [4.69, 9.17) is 6.42 Å². The highest BCUT2D eigenvalue weighted by Gasteiger charge is 2.08. The quantitative estimate of drug-likeness (QED) is 0.589. The fourth-order valence-corrected chi connectivity index (χ4v) is 2.06. The Labute approximate surface area is 121 Å². The monoisotopic (exact) mass is 276 g/mol. The van der Waals surface area contributed by atoms with Gasteiger partial charge in [-0.25, -0.2) is 9.97 Å². The van der Waals surface area contributed by atoms with Crippen molar-refractivity contribution in [1.29, 1.82) is 0 Å². The van der Waals surface area contributed by atoms with E-state index in [2.05, 4.69) is 47.0 Å². The van der Waals surface area contributed by atoms with Crippen LogP contribution in [0.2, 0.25) is 19.6 Å². The fourth-order valence-electron chi connectivity index (χ4n) is 1.56. The number of aromatic nitrogens is 2. The van der Waals surface area contributed by atoms with Crippen LogP contribution in [0.1, 0.15) is 11.4 Å². The van der Waals surface area contributed by atoms with E-state index in [-0.39, 0.29) is 0 Å². The van der Waals surface area contributed by atoms with E-state index in [0.29, 0.717) is 5.69 Å². The van der Waals surface area contributed by atoms with Crippen LogP contribution in [0.5, 0.6) is 0 Å². The van der Waals surface area contributed by atoms with Crippen LogP contribution in [0, 0.1) is 23.8 Å². The summed E-state index contributed by atoms with van der Waals surface area (Å²) in [5.41, 5.74) is 6.27. The molecule has 2 heterocycles. The lowest BCUT2D eigenvalue weighted by molar-refractivity contribution is 1.21. The minimum absolute atomic E-state index is 0.614. The summed E-state index contributed by atoms with van der Waals surface area (Å²) in [5, 5.41) is 0. The zero-order chi connectivity index (χ0) is 14.6. The summed E-state index contributed by atoms with van der Waals surface area (Å²) in [4.78, 5) is 8.91. The van der Waals surface area contributed by atoms with Crippen molar-refractivity contribution in [1.82, 2.24) is 9.97 Å². The van der Waals surface area contributed by atoms with Gasteiger partial charge in [-0.2, -0.15) is 0 Å². The smallest absolute Gasteiger partial charge is 0.129 e. The van der Waals surface area contributed by atoms with Gasteiger partial charge >= 0.3 is 0 Å². The Kier molecular flexibility index (Phi) is 4.03. The van der Waals surface area contributed by atoms with Crippen molar-refractivity contribution in [2.75, 3.05) is 0 Å². The van der Waals surface area contributed by atoms with Gasteiger partial charge in [0.15, 0.2) is 0 Å². The number of rotatable bonds is 1. The van der Waals surface area contributed by atoms with Crippen molar-refractivity contribution in [3.63, 3.8) is 0 Å². The predicted octanol–water partition coefficient (Wildman–Crippen LogP) is 3.35. The van der Waals surface area contributed by atoms with Crippen molar-refractivity contribution in [2.24, 2.45) is 0 Å². The van der Waals surface area contributed by atoms with E-state index in [0.717, 1.165) is 17.1 Å². The van der Waals surface area contributed by atoms with Crippen LogP contribution in [-0.4, -0.2) is 18.0 Å². The topological polar surface area (TPSA) is 25.8 Å². The molecule has 0 aromatic carbocycles. The molecule has 2 rings (SSSR count). The second-order valence-electron chi connectivity index (χ2n) is 5.46. The van der Waals surface area contributed by atoms with Gasteiger partial charge in [-0.3, -0.25) is 0 Å². The van der Waals surface area contributed by atoms with E-state index < -0.39 is 8.07 Å². The van der Waals surface area contributed by atoms with Crippen LogP contribution >= 0.6 is 0 Å². The zero-order valence-corrected chi connectivity index (χ0v) is 12.9. The molecule has 0 saturated heterocycles. The first-order chi connectivity index (χ1) is 9.48. The second kappa shape index (κ2) is 5.73. The van der Waals surface area contributed by atoms with Crippen LogP contribution in [0.25, 0.3) is 11.4 Å². The van der Waals surface area contributed by atoms with Gasteiger partial charge in [-0.05, 0) is 24.3 Å². The molecule has 2 nitrogen and oxygen atoms in total. The summed E-state index contributed by atoms with van der Waals surface area (Å²) >= 11 is 0. The van der Waals surface area contributed by atoms with Crippen molar-refractivity contribution < 1.29 is 0 Å². The maximum Gasteiger partial charge on any atom is 0.129 e. The molecule has 0 saturated carbocycles. The van der Waals surface area contributed by atoms with Crippen molar-refractivity contribution in [3.05, 3.63) is 47.8 Å². The molecular weight excluding hydrogens is 260 g/mol. The third kappa shape index (κ3) is 3.81. The minimum atomic E-state index is -1.39. The highest BCUT2D eigenvalue weighted by Crippen LogP contribution is 2.14. The molecule has 0 bridgehead atoms. The van der Waals surface area contributed by atoms with Gasteiger partial charge < -0.3 is 0 Å². The molecule has 0 aliphatic rings.